The SMILES string of the molecule is CCOC(=O)C1=C(c2ccccc2)CCN(CCc2ccc3c(c2)OCO3)C1. The molecule has 0 atom stereocenters. The maximum Gasteiger partial charge on any atom is 0.335 e. The van der Waals surface area contributed by atoms with E-state index < -0.39 is 0 Å². The maximum absolute atomic E-state index is 12.6. The van der Waals surface area contributed by atoms with Crippen molar-refractivity contribution in [3.63, 3.8) is 0 Å². The zero-order valence-electron chi connectivity index (χ0n) is 16.1. The molecule has 0 amide bonds. The van der Waals surface area contributed by atoms with E-state index in [-0.39, 0.29) is 5.97 Å². The summed E-state index contributed by atoms with van der Waals surface area (Å²) >= 11 is 0. The number of rotatable bonds is 6. The Kier molecular flexibility index (Phi) is 5.63. The Balaban J connectivity index is 1.47. The molecule has 4 rings (SSSR count). The van der Waals surface area contributed by atoms with E-state index in [1.54, 1.807) is 0 Å². The highest BCUT2D eigenvalue weighted by Crippen LogP contribution is 2.33. The molecule has 0 radical (unpaired) electrons. The van der Waals surface area contributed by atoms with Crippen LogP contribution in [0.2, 0.25) is 0 Å². The molecule has 146 valence electrons. The molecule has 5 heteroatoms. The highest BCUT2D eigenvalue weighted by molar-refractivity contribution is 5.98. The van der Waals surface area contributed by atoms with Gasteiger partial charge in [-0.3, -0.25) is 4.90 Å². The quantitative estimate of drug-likeness (QED) is 0.717. The van der Waals surface area contributed by atoms with Crippen molar-refractivity contribution >= 4 is 11.5 Å². The van der Waals surface area contributed by atoms with Crippen LogP contribution in [0.15, 0.2) is 54.1 Å². The molecule has 2 aromatic carbocycles. The first-order chi connectivity index (χ1) is 13.7. The molecule has 0 spiro atoms. The predicted octanol–water partition coefficient (Wildman–Crippen LogP) is 3.68. The number of hydrogen-bond acceptors (Lipinski definition) is 5. The Morgan fingerprint density at radius 1 is 1.11 bits per heavy atom. The van der Waals surface area contributed by atoms with E-state index in [0.29, 0.717) is 19.9 Å². The predicted molar refractivity (Wildman–Crippen MR) is 107 cm³/mol. The summed E-state index contributed by atoms with van der Waals surface area (Å²) in [5, 5.41) is 0. The average Bonchev–Trinajstić information content (AvgIpc) is 3.21. The number of hydrogen-bond donors (Lipinski definition) is 0. The van der Waals surface area contributed by atoms with Crippen LogP contribution in [0.4, 0.5) is 0 Å². The molecule has 28 heavy (non-hydrogen) atoms. The normalized spacial score (nSPS) is 16.3. The van der Waals surface area contributed by atoms with Crippen molar-refractivity contribution in [1.29, 1.82) is 0 Å². The van der Waals surface area contributed by atoms with E-state index in [0.717, 1.165) is 54.1 Å². The van der Waals surface area contributed by atoms with Gasteiger partial charge in [0.1, 0.15) is 0 Å². The van der Waals surface area contributed by atoms with Crippen molar-refractivity contribution in [3.8, 4) is 11.5 Å². The van der Waals surface area contributed by atoms with Crippen LogP contribution in [-0.2, 0) is 16.0 Å². The van der Waals surface area contributed by atoms with Gasteiger partial charge < -0.3 is 14.2 Å². The summed E-state index contributed by atoms with van der Waals surface area (Å²) in [7, 11) is 0. The Morgan fingerprint density at radius 3 is 2.75 bits per heavy atom. The van der Waals surface area contributed by atoms with Crippen LogP contribution in [0.5, 0.6) is 11.5 Å². The molecule has 0 aromatic heterocycles. The van der Waals surface area contributed by atoms with Crippen molar-refractivity contribution in [2.75, 3.05) is 33.0 Å². The van der Waals surface area contributed by atoms with E-state index in [4.69, 9.17) is 14.2 Å². The largest absolute Gasteiger partial charge is 0.463 e. The minimum Gasteiger partial charge on any atom is -0.463 e. The van der Waals surface area contributed by atoms with Gasteiger partial charge in [-0.05, 0) is 48.6 Å². The van der Waals surface area contributed by atoms with Crippen LogP contribution < -0.4 is 9.47 Å². The van der Waals surface area contributed by atoms with Gasteiger partial charge in [-0.25, -0.2) is 4.79 Å². The highest BCUT2D eigenvalue weighted by Gasteiger charge is 2.25. The minimum absolute atomic E-state index is 0.200. The molecule has 0 saturated carbocycles. The van der Waals surface area contributed by atoms with E-state index in [2.05, 4.69) is 23.1 Å². The fraction of sp³-hybridized carbons (Fsp3) is 0.348. The lowest BCUT2D eigenvalue weighted by atomic mass is 9.93. The summed E-state index contributed by atoms with van der Waals surface area (Å²) in [6, 6.07) is 16.2. The highest BCUT2D eigenvalue weighted by atomic mass is 16.7. The van der Waals surface area contributed by atoms with Gasteiger partial charge in [-0.2, -0.15) is 0 Å². The lowest BCUT2D eigenvalue weighted by Gasteiger charge is -2.30. The Morgan fingerprint density at radius 2 is 1.93 bits per heavy atom. The number of ether oxygens (including phenoxy) is 3. The summed E-state index contributed by atoms with van der Waals surface area (Å²) in [6.07, 6.45) is 1.74. The van der Waals surface area contributed by atoms with Crippen molar-refractivity contribution in [1.82, 2.24) is 4.90 Å². The molecule has 2 aliphatic rings. The Hall–Kier alpha value is -2.79. The number of fused-ring (bicyclic) bond motifs is 1. The molecule has 5 nitrogen and oxygen atoms in total. The molecular weight excluding hydrogens is 354 g/mol. The number of benzene rings is 2. The molecule has 0 bridgehead atoms. The first-order valence-electron chi connectivity index (χ1n) is 9.80. The van der Waals surface area contributed by atoms with Crippen LogP contribution >= 0.6 is 0 Å². The third-order valence-electron chi connectivity index (χ3n) is 5.22. The lowest BCUT2D eigenvalue weighted by Crippen LogP contribution is -2.35. The summed E-state index contributed by atoms with van der Waals surface area (Å²) in [5.74, 6) is 1.42. The molecule has 2 aromatic rings. The zero-order chi connectivity index (χ0) is 19.3. The second-order valence-electron chi connectivity index (χ2n) is 7.01. The molecule has 2 aliphatic heterocycles. The summed E-state index contributed by atoms with van der Waals surface area (Å²) in [5.41, 5.74) is 4.21. The number of carbonyl (C=O) groups excluding carboxylic acids is 1. The van der Waals surface area contributed by atoms with Gasteiger partial charge in [-0.15, -0.1) is 0 Å². The van der Waals surface area contributed by atoms with E-state index in [1.165, 1.54) is 5.56 Å². The molecular formula is C23H25NO4. The third kappa shape index (κ3) is 4.04. The lowest BCUT2D eigenvalue weighted by molar-refractivity contribution is -0.138. The third-order valence-corrected chi connectivity index (χ3v) is 5.22. The van der Waals surface area contributed by atoms with E-state index >= 15 is 0 Å². The van der Waals surface area contributed by atoms with Gasteiger partial charge in [0.2, 0.25) is 6.79 Å². The van der Waals surface area contributed by atoms with Gasteiger partial charge in [-0.1, -0.05) is 36.4 Å². The minimum atomic E-state index is -0.200. The van der Waals surface area contributed by atoms with Crippen LogP contribution in [0.25, 0.3) is 5.57 Å². The topological polar surface area (TPSA) is 48.0 Å². The van der Waals surface area contributed by atoms with Crippen molar-refractivity contribution in [2.24, 2.45) is 0 Å². The first-order valence-corrected chi connectivity index (χ1v) is 9.80. The van der Waals surface area contributed by atoms with Gasteiger partial charge in [0, 0.05) is 19.6 Å². The van der Waals surface area contributed by atoms with Crippen LogP contribution in [0.1, 0.15) is 24.5 Å². The van der Waals surface area contributed by atoms with E-state index in [9.17, 15) is 4.79 Å². The molecule has 0 aliphatic carbocycles. The van der Waals surface area contributed by atoms with Crippen LogP contribution in [0, 0.1) is 0 Å². The van der Waals surface area contributed by atoms with Crippen molar-refractivity contribution in [2.45, 2.75) is 19.8 Å². The van der Waals surface area contributed by atoms with E-state index in [1.807, 2.05) is 37.3 Å². The first kappa shape index (κ1) is 18.6. The smallest absolute Gasteiger partial charge is 0.335 e. The molecule has 0 N–H and O–H groups in total. The fourth-order valence-electron chi connectivity index (χ4n) is 3.76. The van der Waals surface area contributed by atoms with Gasteiger partial charge >= 0.3 is 5.97 Å². The standard InChI is InChI=1S/C23H25NO4/c1-2-26-23(25)20-15-24(13-11-19(20)18-6-4-3-5-7-18)12-10-17-8-9-21-22(14-17)28-16-27-21/h3-9,14H,2,10-13,15-16H2,1H3. The summed E-state index contributed by atoms with van der Waals surface area (Å²) in [4.78, 5) is 14.9. The molecule has 0 unspecified atom stereocenters. The molecule has 0 fully saturated rings. The summed E-state index contributed by atoms with van der Waals surface area (Å²) in [6.45, 7) is 4.96. The Labute approximate surface area is 165 Å². The van der Waals surface area contributed by atoms with Crippen molar-refractivity contribution < 1.29 is 19.0 Å². The number of carbonyl (C=O) groups is 1. The van der Waals surface area contributed by atoms with Gasteiger partial charge in [0.25, 0.3) is 0 Å². The number of nitrogens with zero attached hydrogens (tertiary/aromatic N) is 1. The maximum atomic E-state index is 12.6. The van der Waals surface area contributed by atoms with Gasteiger partial charge in [0.15, 0.2) is 11.5 Å². The average molecular weight is 379 g/mol. The second-order valence-corrected chi connectivity index (χ2v) is 7.01. The summed E-state index contributed by atoms with van der Waals surface area (Å²) < 4.78 is 16.2. The fourth-order valence-corrected chi connectivity index (χ4v) is 3.76. The van der Waals surface area contributed by atoms with Crippen LogP contribution in [-0.4, -0.2) is 43.9 Å². The van der Waals surface area contributed by atoms with Crippen molar-refractivity contribution in [3.05, 3.63) is 65.2 Å². The zero-order valence-corrected chi connectivity index (χ0v) is 16.1. The monoisotopic (exact) mass is 379 g/mol. The Bertz CT molecular complexity index is 875. The number of esters is 1. The molecule has 0 saturated heterocycles. The van der Waals surface area contributed by atoms with Crippen LogP contribution in [0.3, 0.4) is 0 Å². The second kappa shape index (κ2) is 8.48. The molecule has 2 heterocycles. The van der Waals surface area contributed by atoms with Gasteiger partial charge in [0.05, 0.1) is 12.2 Å².